The maximum Gasteiger partial charge on any atom is 0.0590 e. The molecule has 1 saturated heterocycles. The minimum atomic E-state index is 0.174. The molecule has 0 aromatic carbocycles. The van der Waals surface area contributed by atoms with Crippen LogP contribution in [0.2, 0.25) is 0 Å². The van der Waals surface area contributed by atoms with E-state index in [1.54, 1.807) is 0 Å². The molecule has 1 aliphatic rings. The summed E-state index contributed by atoms with van der Waals surface area (Å²) in [4.78, 5) is 6.45. The summed E-state index contributed by atoms with van der Waals surface area (Å²) in [6.45, 7) is 8.00. The van der Waals surface area contributed by atoms with Gasteiger partial charge in [-0.25, -0.2) is 0 Å². The first-order chi connectivity index (χ1) is 9.13. The van der Waals surface area contributed by atoms with Gasteiger partial charge in [-0.15, -0.1) is 11.3 Å². The van der Waals surface area contributed by atoms with Gasteiger partial charge < -0.3 is 10.6 Å². The molecule has 2 rings (SSSR count). The van der Waals surface area contributed by atoms with Crippen LogP contribution in [0, 0.1) is 0 Å². The van der Waals surface area contributed by atoms with Crippen molar-refractivity contribution in [3.05, 3.63) is 22.4 Å². The predicted octanol–water partition coefficient (Wildman–Crippen LogP) is 2.55. The molecule has 0 saturated carbocycles. The fourth-order valence-electron chi connectivity index (χ4n) is 3.16. The highest BCUT2D eigenvalue weighted by Crippen LogP contribution is 2.30. The van der Waals surface area contributed by atoms with Crippen molar-refractivity contribution in [1.82, 2.24) is 9.80 Å². The van der Waals surface area contributed by atoms with Gasteiger partial charge in [0.1, 0.15) is 0 Å². The number of hydrogen-bond donors (Lipinski definition) is 1. The van der Waals surface area contributed by atoms with Crippen molar-refractivity contribution in [3.63, 3.8) is 0 Å². The van der Waals surface area contributed by atoms with E-state index in [1.165, 1.54) is 37.4 Å². The summed E-state index contributed by atoms with van der Waals surface area (Å²) in [5.74, 6) is 0. The van der Waals surface area contributed by atoms with Gasteiger partial charge >= 0.3 is 0 Å². The molecule has 1 aromatic heterocycles. The summed E-state index contributed by atoms with van der Waals surface area (Å²) in [7, 11) is 2.25. The molecule has 0 amide bonds. The molecule has 2 unspecified atom stereocenters. The van der Waals surface area contributed by atoms with Crippen LogP contribution in [0.15, 0.2) is 17.5 Å². The van der Waals surface area contributed by atoms with Crippen LogP contribution in [-0.2, 0) is 0 Å². The number of nitrogens with zero attached hydrogens (tertiary/aromatic N) is 2. The fraction of sp³-hybridized carbons (Fsp3) is 0.733. The lowest BCUT2D eigenvalue weighted by Crippen LogP contribution is -2.47. The van der Waals surface area contributed by atoms with E-state index in [0.717, 1.165) is 0 Å². The van der Waals surface area contributed by atoms with Crippen LogP contribution in [-0.4, -0.2) is 48.6 Å². The molecular formula is C15H27N3S. The molecule has 0 aliphatic carbocycles. The molecular weight excluding hydrogens is 254 g/mol. The van der Waals surface area contributed by atoms with Crippen molar-refractivity contribution in [3.8, 4) is 0 Å². The zero-order valence-electron chi connectivity index (χ0n) is 12.4. The van der Waals surface area contributed by atoms with Crippen LogP contribution in [0.3, 0.4) is 0 Å². The highest BCUT2D eigenvalue weighted by Gasteiger charge is 2.29. The molecule has 0 radical (unpaired) electrons. The van der Waals surface area contributed by atoms with Gasteiger partial charge in [-0.3, -0.25) is 4.90 Å². The quantitative estimate of drug-likeness (QED) is 0.900. The SMILES string of the molecule is CCN1CCC(N(C)C(c2cccs2)C(C)N)CC1. The molecule has 19 heavy (non-hydrogen) atoms. The molecule has 108 valence electrons. The Morgan fingerprint density at radius 3 is 2.63 bits per heavy atom. The van der Waals surface area contributed by atoms with Gasteiger partial charge in [0, 0.05) is 17.0 Å². The first-order valence-electron chi connectivity index (χ1n) is 7.36. The second-order valence-electron chi connectivity index (χ2n) is 5.65. The van der Waals surface area contributed by atoms with Crippen molar-refractivity contribution >= 4 is 11.3 Å². The van der Waals surface area contributed by atoms with Gasteiger partial charge in [-0.2, -0.15) is 0 Å². The van der Waals surface area contributed by atoms with Gasteiger partial charge in [-0.05, 0) is 57.9 Å². The van der Waals surface area contributed by atoms with E-state index in [1.807, 2.05) is 11.3 Å². The Morgan fingerprint density at radius 2 is 2.16 bits per heavy atom. The molecule has 0 bridgehead atoms. The van der Waals surface area contributed by atoms with E-state index in [9.17, 15) is 0 Å². The van der Waals surface area contributed by atoms with Crippen LogP contribution >= 0.6 is 11.3 Å². The van der Waals surface area contributed by atoms with E-state index < -0.39 is 0 Å². The zero-order chi connectivity index (χ0) is 13.8. The van der Waals surface area contributed by atoms with Crippen molar-refractivity contribution in [2.45, 2.75) is 44.8 Å². The summed E-state index contributed by atoms with van der Waals surface area (Å²) in [6.07, 6.45) is 2.53. The van der Waals surface area contributed by atoms with E-state index in [0.29, 0.717) is 12.1 Å². The molecule has 1 fully saturated rings. The van der Waals surface area contributed by atoms with Gasteiger partial charge in [0.15, 0.2) is 0 Å². The summed E-state index contributed by atoms with van der Waals surface area (Å²) in [5, 5.41) is 2.15. The highest BCUT2D eigenvalue weighted by atomic mass is 32.1. The first kappa shape index (κ1) is 15.0. The van der Waals surface area contributed by atoms with Crippen molar-refractivity contribution in [2.75, 3.05) is 26.7 Å². The van der Waals surface area contributed by atoms with Crippen LogP contribution < -0.4 is 5.73 Å². The third-order valence-corrected chi connectivity index (χ3v) is 5.29. The average Bonchev–Trinajstić information content (AvgIpc) is 2.92. The summed E-state index contributed by atoms with van der Waals surface area (Å²) in [5.41, 5.74) is 6.24. The maximum absolute atomic E-state index is 6.24. The van der Waals surface area contributed by atoms with E-state index >= 15 is 0 Å². The van der Waals surface area contributed by atoms with Crippen LogP contribution in [0.1, 0.15) is 37.6 Å². The molecule has 1 aliphatic heterocycles. The van der Waals surface area contributed by atoms with Gasteiger partial charge in [-0.1, -0.05) is 13.0 Å². The number of likely N-dealkylation sites (tertiary alicyclic amines) is 1. The topological polar surface area (TPSA) is 32.5 Å². The second-order valence-corrected chi connectivity index (χ2v) is 6.63. The van der Waals surface area contributed by atoms with Crippen molar-refractivity contribution < 1.29 is 0 Å². The van der Waals surface area contributed by atoms with E-state index in [2.05, 4.69) is 48.2 Å². The minimum absolute atomic E-state index is 0.174. The zero-order valence-corrected chi connectivity index (χ0v) is 13.2. The van der Waals surface area contributed by atoms with Gasteiger partial charge in [0.2, 0.25) is 0 Å². The Morgan fingerprint density at radius 1 is 1.47 bits per heavy atom. The Labute approximate surface area is 121 Å². The third kappa shape index (κ3) is 3.57. The molecule has 3 nitrogen and oxygen atoms in total. The normalized spacial score (nSPS) is 21.7. The molecule has 1 aromatic rings. The Bertz CT molecular complexity index is 355. The lowest BCUT2D eigenvalue weighted by atomic mass is 9.99. The van der Waals surface area contributed by atoms with Crippen LogP contribution in [0.25, 0.3) is 0 Å². The number of rotatable bonds is 5. The minimum Gasteiger partial charge on any atom is -0.326 e. The monoisotopic (exact) mass is 281 g/mol. The largest absolute Gasteiger partial charge is 0.326 e. The lowest BCUT2D eigenvalue weighted by molar-refractivity contribution is 0.0910. The summed E-state index contributed by atoms with van der Waals surface area (Å²) >= 11 is 1.82. The number of thiophene rings is 1. The summed E-state index contributed by atoms with van der Waals surface area (Å²) in [6, 6.07) is 5.55. The Kier molecular flexibility index (Phi) is 5.39. The second kappa shape index (κ2) is 6.84. The smallest absolute Gasteiger partial charge is 0.0590 e. The van der Waals surface area contributed by atoms with Crippen LogP contribution in [0.5, 0.6) is 0 Å². The number of piperidine rings is 1. The Hall–Kier alpha value is -0.420. The van der Waals surface area contributed by atoms with Crippen molar-refractivity contribution in [1.29, 1.82) is 0 Å². The van der Waals surface area contributed by atoms with E-state index in [4.69, 9.17) is 5.73 Å². The molecule has 2 N–H and O–H groups in total. The average molecular weight is 281 g/mol. The predicted molar refractivity (Wildman–Crippen MR) is 83.6 cm³/mol. The standard InChI is InChI=1S/C15H27N3S/c1-4-18-9-7-13(8-10-18)17(3)15(12(2)16)14-6-5-11-19-14/h5-6,11-13,15H,4,7-10,16H2,1-3H3. The summed E-state index contributed by atoms with van der Waals surface area (Å²) < 4.78 is 0. The molecule has 2 atom stereocenters. The van der Waals surface area contributed by atoms with Gasteiger partial charge in [0.25, 0.3) is 0 Å². The molecule has 0 spiro atoms. The maximum atomic E-state index is 6.24. The number of likely N-dealkylation sites (N-methyl/N-ethyl adjacent to an activating group) is 1. The number of hydrogen-bond acceptors (Lipinski definition) is 4. The first-order valence-corrected chi connectivity index (χ1v) is 8.24. The molecule has 4 heteroatoms. The number of nitrogens with two attached hydrogens (primary N) is 1. The lowest BCUT2D eigenvalue weighted by Gasteiger charge is -2.41. The molecule has 2 heterocycles. The van der Waals surface area contributed by atoms with Crippen LogP contribution in [0.4, 0.5) is 0 Å². The fourth-order valence-corrected chi connectivity index (χ4v) is 4.15. The third-order valence-electron chi connectivity index (χ3n) is 4.35. The highest BCUT2D eigenvalue weighted by molar-refractivity contribution is 7.10. The Balaban J connectivity index is 2.02. The van der Waals surface area contributed by atoms with E-state index in [-0.39, 0.29) is 6.04 Å². The van der Waals surface area contributed by atoms with Gasteiger partial charge in [0.05, 0.1) is 6.04 Å². The van der Waals surface area contributed by atoms with Crippen molar-refractivity contribution in [2.24, 2.45) is 5.73 Å².